The van der Waals surface area contributed by atoms with E-state index in [1.54, 1.807) is 47.1 Å². The fraction of sp³-hybridized carbons (Fsp3) is 0.522. The summed E-state index contributed by atoms with van der Waals surface area (Å²) in [6.07, 6.45) is 4.66. The molecular weight excluding hydrogens is 1290 g/mol. The Morgan fingerprint density at radius 3 is 1.53 bits per heavy atom. The van der Waals surface area contributed by atoms with Crippen molar-refractivity contribution in [2.45, 2.75) is 179 Å². The van der Waals surface area contributed by atoms with Crippen LogP contribution >= 0.6 is 22.7 Å². The maximum absolute atomic E-state index is 14.2. The number of Topliss-reactive ketones (excluding diaryl/α,β-unsaturated/α-hetero) is 2. The highest BCUT2D eigenvalue weighted by molar-refractivity contribution is 7.91. The number of nitrogens with one attached hydrogen (secondary N) is 3. The molecule has 0 unspecified atom stereocenters. The molecule has 26 heteroatoms. The third-order valence-electron chi connectivity index (χ3n) is 18.8. The number of hydrogen-bond acceptors (Lipinski definition) is 21. The number of nitrogens with zero attached hydrogens (tertiary/aromatic N) is 5. The molecule has 0 radical (unpaired) electrons. The van der Waals surface area contributed by atoms with Crippen molar-refractivity contribution in [2.24, 2.45) is 22.7 Å². The van der Waals surface area contributed by atoms with E-state index in [0.717, 1.165) is 54.6 Å². The van der Waals surface area contributed by atoms with Crippen LogP contribution in [-0.4, -0.2) is 139 Å². The Labute approximate surface area is 562 Å². The predicted octanol–water partition coefficient (Wildman–Crippen LogP) is 11.0. The lowest BCUT2D eigenvalue weighted by Gasteiger charge is -2.28. The molecule has 2 aliphatic heterocycles. The van der Waals surface area contributed by atoms with E-state index in [1.807, 2.05) is 61.0 Å². The molecule has 8 atom stereocenters. The van der Waals surface area contributed by atoms with Gasteiger partial charge in [0.05, 0.1) is 76.6 Å². The summed E-state index contributed by atoms with van der Waals surface area (Å²) in [6, 6.07) is 9.80. The molecule has 2 saturated heterocycles. The maximum atomic E-state index is 14.2. The quantitative estimate of drug-likeness (QED) is 0.0475. The maximum Gasteiger partial charge on any atom is 0.411 e. The molecule has 3 amide bonds. The number of rotatable bonds is 24. The molecule has 6 fully saturated rings. The van der Waals surface area contributed by atoms with Gasteiger partial charge < -0.3 is 29.0 Å². The van der Waals surface area contributed by atoms with Crippen LogP contribution in [-0.2, 0) is 44.0 Å². The number of hydrogen-bond donors (Lipinski definition) is 3. The molecule has 3 N–H and O–H groups in total. The van der Waals surface area contributed by atoms with E-state index in [4.69, 9.17) is 43.6 Å². The first-order valence-corrected chi connectivity index (χ1v) is 37.1. The zero-order valence-corrected chi connectivity index (χ0v) is 58.8. The smallest absolute Gasteiger partial charge is 0.411 e. The van der Waals surface area contributed by atoms with Crippen molar-refractivity contribution < 1.29 is 64.5 Å². The van der Waals surface area contributed by atoms with Gasteiger partial charge in [-0.15, -0.1) is 35.8 Å². The SMILES string of the molecule is C=C[C@@H]1C[C@]1(CC(=O)[C@@H]1C[C@@H](Oc2cc(-c3nc(C(C)C)cs3)nc3c(C)c(OC)ccc23)CN1)C(=O)NS(=O)(=O)C1CC1.C=C[C@@H]1C[C@]1(CC(=O)[C@@H]1C[C@@H](Oc2cc(-c3nc(C(C)C)cs3)nc3c(C)c(OC)ccc23)CN1C(=O)OC(C)(C)C)C(=O)NS(=O)(=O)C1CC1. The van der Waals surface area contributed by atoms with E-state index in [1.165, 1.54) is 27.6 Å². The molecule has 508 valence electrons. The number of aryl methyl sites for hydroxylation is 2. The Bertz CT molecular complexity index is 4290. The second-order valence-electron chi connectivity index (χ2n) is 27.7. The molecule has 0 spiro atoms. The zero-order chi connectivity index (χ0) is 68.4. The van der Waals surface area contributed by atoms with Crippen molar-refractivity contribution in [3.8, 4) is 44.4 Å². The number of ether oxygens (including phenoxy) is 5. The topological polar surface area (TPSA) is 291 Å². The number of thiazole rings is 2. The van der Waals surface area contributed by atoms with Gasteiger partial charge in [0.1, 0.15) is 62.2 Å². The van der Waals surface area contributed by atoms with Crippen LogP contribution in [0.1, 0.15) is 147 Å². The number of methoxy groups -OCH3 is 2. The van der Waals surface area contributed by atoms with Crippen LogP contribution in [0, 0.1) is 36.5 Å². The minimum Gasteiger partial charge on any atom is -0.496 e. The van der Waals surface area contributed by atoms with Gasteiger partial charge in [-0.05, 0) is 121 Å². The Kier molecular flexibility index (Phi) is 19.3. The van der Waals surface area contributed by atoms with E-state index in [0.29, 0.717) is 85.1 Å². The number of pyridine rings is 2. The second kappa shape index (κ2) is 26.6. The third kappa shape index (κ3) is 14.5. The molecule has 2 aromatic carbocycles. The lowest BCUT2D eigenvalue weighted by molar-refractivity contribution is -0.131. The Hall–Kier alpha value is -7.39. The van der Waals surface area contributed by atoms with Gasteiger partial charge in [-0.1, -0.05) is 39.8 Å². The highest BCUT2D eigenvalue weighted by atomic mass is 32.2. The van der Waals surface area contributed by atoms with Gasteiger partial charge in [-0.3, -0.25) is 33.5 Å². The molecule has 6 aromatic rings. The largest absolute Gasteiger partial charge is 0.496 e. The van der Waals surface area contributed by atoms with E-state index in [2.05, 4.69) is 55.6 Å². The summed E-state index contributed by atoms with van der Waals surface area (Å²) >= 11 is 3.03. The van der Waals surface area contributed by atoms with Gasteiger partial charge in [0, 0.05) is 77.0 Å². The summed E-state index contributed by atoms with van der Waals surface area (Å²) < 4.78 is 84.8. The summed E-state index contributed by atoms with van der Waals surface area (Å²) in [5, 5.41) is 9.33. The van der Waals surface area contributed by atoms with Crippen LogP contribution in [0.15, 0.2) is 72.5 Å². The van der Waals surface area contributed by atoms with E-state index >= 15 is 0 Å². The first-order valence-electron chi connectivity index (χ1n) is 32.3. The predicted molar refractivity (Wildman–Crippen MR) is 364 cm³/mol. The van der Waals surface area contributed by atoms with Crippen LogP contribution in [0.3, 0.4) is 0 Å². The third-order valence-corrected chi connectivity index (χ3v) is 24.2. The van der Waals surface area contributed by atoms with Crippen molar-refractivity contribution in [2.75, 3.05) is 27.3 Å². The summed E-state index contributed by atoms with van der Waals surface area (Å²) in [6.45, 7) is 25.6. The number of carbonyl (C=O) groups is 5. The molecule has 4 saturated carbocycles. The van der Waals surface area contributed by atoms with Gasteiger partial charge in [-0.25, -0.2) is 41.6 Å². The van der Waals surface area contributed by atoms with Gasteiger partial charge in [0.15, 0.2) is 11.6 Å². The lowest BCUT2D eigenvalue weighted by atomic mass is 9.91. The fourth-order valence-electron chi connectivity index (χ4n) is 12.7. The lowest BCUT2D eigenvalue weighted by Crippen LogP contribution is -2.46. The van der Waals surface area contributed by atoms with Crippen molar-refractivity contribution in [3.63, 3.8) is 0 Å². The molecule has 4 aliphatic carbocycles. The number of sulfonamides is 2. The summed E-state index contributed by atoms with van der Waals surface area (Å²) in [5.41, 5.74) is 3.28. The number of benzene rings is 2. The van der Waals surface area contributed by atoms with Crippen LogP contribution in [0.25, 0.3) is 43.2 Å². The van der Waals surface area contributed by atoms with Crippen molar-refractivity contribution >= 4 is 94.0 Å². The summed E-state index contributed by atoms with van der Waals surface area (Å²) in [4.78, 5) is 88.8. The van der Waals surface area contributed by atoms with Gasteiger partial charge >= 0.3 is 6.09 Å². The fourth-order valence-corrected chi connectivity index (χ4v) is 17.3. The minimum absolute atomic E-state index is 0.0501. The van der Waals surface area contributed by atoms with E-state index in [-0.39, 0.29) is 67.7 Å². The molecule has 22 nitrogen and oxygen atoms in total. The molecule has 6 aliphatic rings. The Balaban J connectivity index is 0.000000195. The second-order valence-corrected chi connectivity index (χ2v) is 33.3. The number of amides is 3. The van der Waals surface area contributed by atoms with Crippen molar-refractivity contribution in [1.82, 2.24) is 39.6 Å². The molecule has 6 heterocycles. The zero-order valence-electron chi connectivity index (χ0n) is 55.5. The van der Waals surface area contributed by atoms with Gasteiger partial charge in [0.2, 0.25) is 31.9 Å². The van der Waals surface area contributed by atoms with Gasteiger partial charge in [-0.2, -0.15) is 0 Å². The number of fused-ring (bicyclic) bond motifs is 2. The highest BCUT2D eigenvalue weighted by Crippen LogP contribution is 2.58. The molecule has 0 bridgehead atoms. The van der Waals surface area contributed by atoms with Crippen LogP contribution in [0.4, 0.5) is 4.79 Å². The van der Waals surface area contributed by atoms with Crippen molar-refractivity contribution in [1.29, 1.82) is 0 Å². The standard InChI is InChI=1S/C37H46N4O8S2.C32H38N4O6S2/c1-9-22-16-37(22,34(43)40-51(45,46)24-10-11-24)17-29(42)28-14-23(18-41(28)35(44)49-36(5,6)7)48-31-15-26(33-39-27(19-50-33)20(2)3)38-32-21(4)30(47-8)13-12-25(31)32;1-6-19-13-32(19,31(38)36-44(39,40)21-7-8-21)14-26(37)23-11-20(15-33-23)42-28-12-24(30-35-25(16-43-30)17(2)3)34-29-18(4)27(41-5)10-9-22(28)29/h9,12-13,15,19-20,22-24,28H,1,10-11,14,16-18H2,2-8H3,(H,40,43);6,9-10,12,16-17,19-21,23,33H,1,7-8,11,13-15H2,2-5H3,(H,36,38)/t22-,23-,28+,37-;19-,20-,23+,32-/m11/s1. The Morgan fingerprint density at radius 1 is 0.674 bits per heavy atom. The molecular formula is C69H84N8O14S4. The Morgan fingerprint density at radius 2 is 1.13 bits per heavy atom. The average Bonchev–Trinajstić information content (AvgIpc) is 1.60. The molecule has 95 heavy (non-hydrogen) atoms. The minimum atomic E-state index is -3.82. The molecule has 12 rings (SSSR count). The first-order chi connectivity index (χ1) is 44.9. The highest BCUT2D eigenvalue weighted by Gasteiger charge is 2.63. The number of carbonyl (C=O) groups excluding carboxylic acids is 5. The van der Waals surface area contributed by atoms with Crippen molar-refractivity contribution in [3.05, 3.63) is 95.0 Å². The average molecular weight is 1380 g/mol. The number of likely N-dealkylation sites (tertiary alicyclic amines) is 1. The normalized spacial score (nSPS) is 24.0. The van der Waals surface area contributed by atoms with E-state index in [9.17, 15) is 40.8 Å². The van der Waals surface area contributed by atoms with E-state index < -0.39 is 83.1 Å². The molecule has 4 aromatic heterocycles. The monoisotopic (exact) mass is 1380 g/mol. The summed E-state index contributed by atoms with van der Waals surface area (Å²) in [7, 11) is -4.30. The number of allylic oxidation sites excluding steroid dienone is 2. The number of ketones is 2. The van der Waals surface area contributed by atoms with Crippen LogP contribution in [0.2, 0.25) is 0 Å². The summed E-state index contributed by atoms with van der Waals surface area (Å²) in [5.74, 6) is 0.668. The number of aromatic nitrogens is 4. The van der Waals surface area contributed by atoms with Gasteiger partial charge in [0.25, 0.3) is 0 Å². The first kappa shape index (κ1) is 69.0. The van der Waals surface area contributed by atoms with Crippen LogP contribution < -0.4 is 33.7 Å². The van der Waals surface area contributed by atoms with Crippen LogP contribution in [0.5, 0.6) is 23.0 Å².